The standard InChI is InChI=1S/C16H20N6S/c1-11-4-7-19-15-13(5-8-18-14(15)9-11)21-22-16(23)20-12-3-2-6-17-10-12/h2-4,6-7,10-11,14,18H,5,8-9H2,1H3,(H2,20,22,23)/b21-13-. The molecule has 7 heteroatoms. The van der Waals surface area contributed by atoms with E-state index in [-0.39, 0.29) is 6.04 Å². The minimum atomic E-state index is 0.258. The van der Waals surface area contributed by atoms with Gasteiger partial charge in [0, 0.05) is 25.4 Å². The lowest BCUT2D eigenvalue weighted by atomic mass is 9.93. The van der Waals surface area contributed by atoms with Crippen LogP contribution in [0.5, 0.6) is 0 Å². The Hall–Kier alpha value is -2.12. The zero-order valence-electron chi connectivity index (χ0n) is 13.0. The zero-order valence-corrected chi connectivity index (χ0v) is 13.8. The molecule has 1 aromatic heterocycles. The molecule has 120 valence electrons. The number of nitrogens with zero attached hydrogens (tertiary/aromatic N) is 3. The maximum absolute atomic E-state index is 5.27. The number of hydrazone groups is 1. The quantitative estimate of drug-likeness (QED) is 0.572. The minimum Gasteiger partial charge on any atom is -0.330 e. The first-order valence-electron chi connectivity index (χ1n) is 7.74. The Morgan fingerprint density at radius 2 is 2.39 bits per heavy atom. The van der Waals surface area contributed by atoms with Crippen molar-refractivity contribution >= 4 is 34.4 Å². The fraction of sp³-hybridized carbons (Fsp3) is 0.375. The van der Waals surface area contributed by atoms with E-state index in [1.165, 1.54) is 0 Å². The van der Waals surface area contributed by atoms with E-state index < -0.39 is 0 Å². The van der Waals surface area contributed by atoms with Gasteiger partial charge in [-0.25, -0.2) is 0 Å². The highest BCUT2D eigenvalue weighted by Crippen LogP contribution is 2.17. The zero-order chi connectivity index (χ0) is 16.1. The Labute approximate surface area is 141 Å². The molecule has 1 fully saturated rings. The van der Waals surface area contributed by atoms with Gasteiger partial charge in [-0.3, -0.25) is 15.4 Å². The number of aliphatic imine (C=N–C) groups is 1. The molecule has 2 aliphatic rings. The SMILES string of the molecule is CC1C=CN=C2/C(=N\NC(=S)Nc3cccnc3)CCNC2C1. The molecule has 2 aliphatic heterocycles. The van der Waals surface area contributed by atoms with E-state index in [0.29, 0.717) is 11.0 Å². The molecule has 2 unspecified atom stereocenters. The number of hydrogen-bond acceptors (Lipinski definition) is 5. The summed E-state index contributed by atoms with van der Waals surface area (Å²) in [7, 11) is 0. The molecule has 3 heterocycles. The van der Waals surface area contributed by atoms with Crippen LogP contribution in [0.25, 0.3) is 0 Å². The monoisotopic (exact) mass is 328 g/mol. The van der Waals surface area contributed by atoms with Crippen LogP contribution in [0.2, 0.25) is 0 Å². The van der Waals surface area contributed by atoms with Gasteiger partial charge in [0.25, 0.3) is 0 Å². The van der Waals surface area contributed by atoms with Gasteiger partial charge in [0.2, 0.25) is 0 Å². The van der Waals surface area contributed by atoms with Crippen LogP contribution in [-0.2, 0) is 0 Å². The summed E-state index contributed by atoms with van der Waals surface area (Å²) in [5.74, 6) is 0.509. The average molecular weight is 328 g/mol. The van der Waals surface area contributed by atoms with Gasteiger partial charge in [-0.2, -0.15) is 5.10 Å². The van der Waals surface area contributed by atoms with Gasteiger partial charge >= 0.3 is 0 Å². The predicted octanol–water partition coefficient (Wildman–Crippen LogP) is 2.08. The van der Waals surface area contributed by atoms with Crippen LogP contribution in [-0.4, -0.2) is 34.1 Å². The van der Waals surface area contributed by atoms with Crippen LogP contribution >= 0.6 is 12.2 Å². The van der Waals surface area contributed by atoms with Crippen LogP contribution < -0.4 is 16.1 Å². The minimum absolute atomic E-state index is 0.258. The third-order valence-corrected chi connectivity index (χ3v) is 4.02. The molecular weight excluding hydrogens is 308 g/mol. The van der Waals surface area contributed by atoms with Crippen LogP contribution in [0.4, 0.5) is 5.69 Å². The third kappa shape index (κ3) is 4.20. The fourth-order valence-corrected chi connectivity index (χ4v) is 2.86. The molecule has 2 atom stereocenters. The summed E-state index contributed by atoms with van der Waals surface area (Å²) in [6.07, 6.45) is 9.31. The molecule has 6 nitrogen and oxygen atoms in total. The molecule has 0 spiro atoms. The summed E-state index contributed by atoms with van der Waals surface area (Å²) < 4.78 is 0. The Morgan fingerprint density at radius 3 is 3.22 bits per heavy atom. The number of anilines is 1. The second kappa shape index (κ2) is 7.43. The van der Waals surface area contributed by atoms with Crippen molar-refractivity contribution in [2.75, 3.05) is 11.9 Å². The van der Waals surface area contributed by atoms with Crippen LogP contribution in [0.15, 0.2) is 46.9 Å². The Balaban J connectivity index is 1.65. The number of hydrogen-bond donors (Lipinski definition) is 3. The summed E-state index contributed by atoms with van der Waals surface area (Å²) in [6.45, 7) is 3.10. The first kappa shape index (κ1) is 15.8. The Bertz CT molecular complexity index is 652. The summed E-state index contributed by atoms with van der Waals surface area (Å²) in [5, 5.41) is 11.5. The molecule has 0 aromatic carbocycles. The van der Waals surface area contributed by atoms with Crippen molar-refractivity contribution in [3.8, 4) is 0 Å². The largest absolute Gasteiger partial charge is 0.330 e. The van der Waals surface area contributed by atoms with Gasteiger partial charge in [-0.1, -0.05) is 13.0 Å². The van der Waals surface area contributed by atoms with E-state index in [1.54, 1.807) is 12.4 Å². The van der Waals surface area contributed by atoms with Gasteiger partial charge in [0.05, 0.1) is 29.3 Å². The maximum Gasteiger partial charge on any atom is 0.191 e. The molecular formula is C16H20N6S. The van der Waals surface area contributed by atoms with Crippen molar-refractivity contribution in [3.63, 3.8) is 0 Å². The van der Waals surface area contributed by atoms with Crippen LogP contribution in [0.3, 0.4) is 0 Å². The number of rotatable bonds is 2. The Morgan fingerprint density at radius 1 is 1.48 bits per heavy atom. The summed E-state index contributed by atoms with van der Waals surface area (Å²) in [5.41, 5.74) is 5.71. The highest BCUT2D eigenvalue weighted by molar-refractivity contribution is 7.80. The highest BCUT2D eigenvalue weighted by atomic mass is 32.1. The van der Waals surface area contributed by atoms with Gasteiger partial charge in [0.1, 0.15) is 0 Å². The van der Waals surface area contributed by atoms with Gasteiger partial charge < -0.3 is 10.6 Å². The molecule has 23 heavy (non-hydrogen) atoms. The summed E-state index contributed by atoms with van der Waals surface area (Å²) >= 11 is 5.27. The first-order valence-corrected chi connectivity index (χ1v) is 8.15. The van der Waals surface area contributed by atoms with Crippen LogP contribution in [0.1, 0.15) is 19.8 Å². The van der Waals surface area contributed by atoms with Crippen molar-refractivity contribution in [2.24, 2.45) is 16.0 Å². The van der Waals surface area contributed by atoms with E-state index in [9.17, 15) is 0 Å². The van der Waals surface area contributed by atoms with Gasteiger partial charge in [-0.15, -0.1) is 0 Å². The topological polar surface area (TPSA) is 73.7 Å². The lowest BCUT2D eigenvalue weighted by Crippen LogP contribution is -2.48. The van der Waals surface area contributed by atoms with Gasteiger partial charge in [0.15, 0.2) is 5.11 Å². The number of allylic oxidation sites excluding steroid dienone is 1. The maximum atomic E-state index is 5.27. The second-order valence-electron chi connectivity index (χ2n) is 5.69. The van der Waals surface area contributed by atoms with Crippen molar-refractivity contribution in [2.45, 2.75) is 25.8 Å². The molecule has 3 N–H and O–H groups in total. The molecule has 1 aromatic rings. The molecule has 0 saturated carbocycles. The van der Waals surface area contributed by atoms with Crippen molar-refractivity contribution < 1.29 is 0 Å². The number of fused-ring (bicyclic) bond motifs is 1. The predicted molar refractivity (Wildman–Crippen MR) is 97.8 cm³/mol. The number of nitrogens with one attached hydrogen (secondary N) is 3. The first-order chi connectivity index (χ1) is 11.2. The normalized spacial score (nSPS) is 25.3. The highest BCUT2D eigenvalue weighted by Gasteiger charge is 2.27. The summed E-state index contributed by atoms with van der Waals surface area (Å²) in [4.78, 5) is 8.61. The third-order valence-electron chi connectivity index (χ3n) is 3.83. The van der Waals surface area contributed by atoms with E-state index in [1.807, 2.05) is 18.3 Å². The van der Waals surface area contributed by atoms with E-state index >= 15 is 0 Å². The summed E-state index contributed by atoms with van der Waals surface area (Å²) in [6, 6.07) is 4.01. The van der Waals surface area contributed by atoms with E-state index in [2.05, 4.69) is 44.1 Å². The average Bonchev–Trinajstić information content (AvgIpc) is 2.74. The molecule has 0 aliphatic carbocycles. The van der Waals surface area contributed by atoms with Crippen molar-refractivity contribution in [1.29, 1.82) is 0 Å². The fourth-order valence-electron chi connectivity index (χ4n) is 2.70. The second-order valence-corrected chi connectivity index (χ2v) is 6.10. The number of aromatic nitrogens is 1. The molecule has 0 amide bonds. The smallest absolute Gasteiger partial charge is 0.191 e. The van der Waals surface area contributed by atoms with E-state index in [4.69, 9.17) is 12.2 Å². The van der Waals surface area contributed by atoms with Crippen LogP contribution in [0, 0.1) is 5.92 Å². The molecule has 3 rings (SSSR count). The lowest BCUT2D eigenvalue weighted by Gasteiger charge is -2.27. The Kier molecular flexibility index (Phi) is 5.09. The van der Waals surface area contributed by atoms with Crippen molar-refractivity contribution in [1.82, 2.24) is 15.7 Å². The molecule has 0 radical (unpaired) electrons. The number of piperidine rings is 1. The number of pyridine rings is 1. The lowest BCUT2D eigenvalue weighted by molar-refractivity contribution is 0.522. The van der Waals surface area contributed by atoms with E-state index in [0.717, 1.165) is 36.5 Å². The van der Waals surface area contributed by atoms with Crippen molar-refractivity contribution in [3.05, 3.63) is 36.8 Å². The number of thiocarbonyl (C=S) groups is 1. The molecule has 0 bridgehead atoms. The molecule has 1 saturated heterocycles. The van der Waals surface area contributed by atoms with Gasteiger partial charge in [-0.05, 0) is 36.7 Å².